The summed E-state index contributed by atoms with van der Waals surface area (Å²) in [5.74, 6) is -0.584. The van der Waals surface area contributed by atoms with Crippen LogP contribution in [0.4, 0.5) is 5.13 Å². The number of hydrogen-bond donors (Lipinski definition) is 1. The first kappa shape index (κ1) is 17.6. The van der Waals surface area contributed by atoms with Gasteiger partial charge in [0.1, 0.15) is 0 Å². The van der Waals surface area contributed by atoms with Gasteiger partial charge >= 0.3 is 0 Å². The molecule has 130 valence electrons. The van der Waals surface area contributed by atoms with Gasteiger partial charge in [-0.05, 0) is 43.2 Å². The average Bonchev–Trinajstić information content (AvgIpc) is 3.01. The van der Waals surface area contributed by atoms with E-state index in [-0.39, 0.29) is 23.0 Å². The smallest absolute Gasteiger partial charge is 0.227 e. The van der Waals surface area contributed by atoms with E-state index in [1.54, 1.807) is 18.2 Å². The molecule has 3 aromatic rings. The Morgan fingerprint density at radius 3 is 2.56 bits per heavy atom. The average molecular weight is 374 g/mol. The molecule has 0 aliphatic carbocycles. The third kappa shape index (κ3) is 3.88. The van der Waals surface area contributed by atoms with Gasteiger partial charge in [0.05, 0.1) is 20.9 Å². The molecule has 0 bridgehead atoms. The number of carbonyl (C=O) groups excluding carboxylic acids is 1. The van der Waals surface area contributed by atoms with Crippen molar-refractivity contribution < 1.29 is 13.2 Å². The molecule has 3 rings (SSSR count). The number of aromatic nitrogens is 1. The fourth-order valence-corrected chi connectivity index (χ4v) is 4.64. The van der Waals surface area contributed by atoms with Crippen LogP contribution in [-0.4, -0.2) is 25.1 Å². The van der Waals surface area contributed by atoms with Crippen LogP contribution in [0.15, 0.2) is 47.4 Å². The minimum atomic E-state index is -3.46. The molecule has 1 aromatic heterocycles. The van der Waals surface area contributed by atoms with Crippen molar-refractivity contribution in [2.45, 2.75) is 25.2 Å². The molecule has 0 aliphatic rings. The minimum Gasteiger partial charge on any atom is -0.302 e. The molecule has 0 aliphatic heterocycles. The summed E-state index contributed by atoms with van der Waals surface area (Å²) in [6, 6.07) is 12.1. The fraction of sp³-hybridized carbons (Fsp3) is 0.222. The summed E-state index contributed by atoms with van der Waals surface area (Å²) < 4.78 is 25.4. The number of carbonyl (C=O) groups is 1. The maximum atomic E-state index is 12.2. The number of nitrogens with zero attached hydrogens (tertiary/aromatic N) is 1. The van der Waals surface area contributed by atoms with E-state index >= 15 is 0 Å². The van der Waals surface area contributed by atoms with Gasteiger partial charge in [0, 0.05) is 6.42 Å². The van der Waals surface area contributed by atoms with Crippen LogP contribution in [0.1, 0.15) is 17.5 Å². The highest BCUT2D eigenvalue weighted by atomic mass is 32.2. The van der Waals surface area contributed by atoms with Crippen LogP contribution in [0.3, 0.4) is 0 Å². The second-order valence-corrected chi connectivity index (χ2v) is 8.94. The number of thiazole rings is 1. The lowest BCUT2D eigenvalue weighted by Crippen LogP contribution is -2.17. The van der Waals surface area contributed by atoms with E-state index in [1.165, 1.54) is 23.5 Å². The first-order valence-electron chi connectivity index (χ1n) is 7.81. The molecule has 7 heteroatoms. The van der Waals surface area contributed by atoms with Gasteiger partial charge in [-0.15, -0.1) is 0 Å². The van der Waals surface area contributed by atoms with Crippen LogP contribution in [0.2, 0.25) is 0 Å². The molecular formula is C18H18N2O3S2. The number of aryl methyl sites for hydroxylation is 2. The summed E-state index contributed by atoms with van der Waals surface area (Å²) in [7, 11) is -3.46. The third-order valence-electron chi connectivity index (χ3n) is 4.03. The van der Waals surface area contributed by atoms with Crippen molar-refractivity contribution >= 4 is 42.4 Å². The standard InChI is InChI=1S/C18H18N2O3S2/c1-12-8-9-15-17(13(12)2)20-18(24-15)19-16(21)10-11-25(22,23)14-6-4-3-5-7-14/h3-9H,10-11H2,1-2H3,(H,19,20,21). The van der Waals surface area contributed by atoms with Gasteiger partial charge in [-0.25, -0.2) is 13.4 Å². The fourth-order valence-electron chi connectivity index (χ4n) is 2.43. The molecule has 0 atom stereocenters. The van der Waals surface area contributed by atoms with Gasteiger partial charge in [-0.3, -0.25) is 4.79 Å². The van der Waals surface area contributed by atoms with Gasteiger partial charge in [-0.1, -0.05) is 35.6 Å². The second kappa shape index (κ2) is 6.93. The molecule has 0 unspecified atom stereocenters. The van der Waals surface area contributed by atoms with Crippen molar-refractivity contribution in [1.82, 2.24) is 4.98 Å². The quantitative estimate of drug-likeness (QED) is 0.738. The summed E-state index contributed by atoms with van der Waals surface area (Å²) in [6.07, 6.45) is -0.106. The van der Waals surface area contributed by atoms with Crippen molar-refractivity contribution in [3.63, 3.8) is 0 Å². The number of nitrogens with one attached hydrogen (secondary N) is 1. The molecule has 25 heavy (non-hydrogen) atoms. The third-order valence-corrected chi connectivity index (χ3v) is 6.70. The number of fused-ring (bicyclic) bond motifs is 1. The maximum absolute atomic E-state index is 12.2. The molecule has 0 radical (unpaired) electrons. The van der Waals surface area contributed by atoms with Crippen LogP contribution in [0.25, 0.3) is 10.2 Å². The van der Waals surface area contributed by atoms with Crippen LogP contribution in [-0.2, 0) is 14.6 Å². The number of anilines is 1. The van der Waals surface area contributed by atoms with E-state index in [4.69, 9.17) is 0 Å². The number of rotatable bonds is 5. The van der Waals surface area contributed by atoms with E-state index in [2.05, 4.69) is 10.3 Å². The number of amides is 1. The number of sulfone groups is 1. The zero-order chi connectivity index (χ0) is 18.0. The van der Waals surface area contributed by atoms with Crippen LogP contribution < -0.4 is 5.32 Å². The molecule has 5 nitrogen and oxygen atoms in total. The van der Waals surface area contributed by atoms with E-state index in [1.807, 2.05) is 26.0 Å². The lowest BCUT2D eigenvalue weighted by Gasteiger charge is -2.04. The molecule has 2 aromatic carbocycles. The Bertz CT molecular complexity index is 1030. The second-order valence-electron chi connectivity index (χ2n) is 5.80. The number of benzene rings is 2. The summed E-state index contributed by atoms with van der Waals surface area (Å²) >= 11 is 1.39. The Morgan fingerprint density at radius 2 is 1.84 bits per heavy atom. The molecular weight excluding hydrogens is 356 g/mol. The first-order valence-corrected chi connectivity index (χ1v) is 10.3. The Kier molecular flexibility index (Phi) is 4.87. The zero-order valence-electron chi connectivity index (χ0n) is 13.9. The monoisotopic (exact) mass is 374 g/mol. The summed E-state index contributed by atoms with van der Waals surface area (Å²) in [5.41, 5.74) is 3.10. The zero-order valence-corrected chi connectivity index (χ0v) is 15.6. The molecule has 0 saturated heterocycles. The molecule has 0 spiro atoms. The van der Waals surface area contributed by atoms with Crippen molar-refractivity contribution in [2.75, 3.05) is 11.1 Å². The van der Waals surface area contributed by atoms with Crippen LogP contribution in [0, 0.1) is 13.8 Å². The van der Waals surface area contributed by atoms with Gasteiger partial charge in [0.2, 0.25) is 5.91 Å². The highest BCUT2D eigenvalue weighted by Crippen LogP contribution is 2.29. The van der Waals surface area contributed by atoms with Crippen LogP contribution >= 0.6 is 11.3 Å². The van der Waals surface area contributed by atoms with E-state index < -0.39 is 9.84 Å². The van der Waals surface area contributed by atoms with Gasteiger partial charge < -0.3 is 5.32 Å². The van der Waals surface area contributed by atoms with Crippen molar-refractivity contribution in [3.05, 3.63) is 53.6 Å². The highest BCUT2D eigenvalue weighted by molar-refractivity contribution is 7.91. The summed E-state index contributed by atoms with van der Waals surface area (Å²) in [6.45, 7) is 4.01. The number of hydrogen-bond acceptors (Lipinski definition) is 5. The molecule has 1 heterocycles. The first-order chi connectivity index (χ1) is 11.9. The topological polar surface area (TPSA) is 76.1 Å². The Balaban J connectivity index is 1.68. The SMILES string of the molecule is Cc1ccc2sc(NC(=O)CCS(=O)(=O)c3ccccc3)nc2c1C. The molecule has 0 fully saturated rings. The van der Waals surface area contributed by atoms with E-state index in [9.17, 15) is 13.2 Å². The largest absolute Gasteiger partial charge is 0.302 e. The molecule has 1 N–H and O–H groups in total. The van der Waals surface area contributed by atoms with Crippen molar-refractivity contribution in [2.24, 2.45) is 0 Å². The van der Waals surface area contributed by atoms with E-state index in [0.29, 0.717) is 5.13 Å². The predicted molar refractivity (Wildman–Crippen MR) is 101 cm³/mol. The van der Waals surface area contributed by atoms with Crippen LogP contribution in [0.5, 0.6) is 0 Å². The predicted octanol–water partition coefficient (Wildman–Crippen LogP) is 3.72. The van der Waals surface area contributed by atoms with Crippen molar-refractivity contribution in [1.29, 1.82) is 0 Å². The normalized spacial score (nSPS) is 11.6. The summed E-state index contributed by atoms with van der Waals surface area (Å²) in [5, 5.41) is 3.20. The Morgan fingerprint density at radius 1 is 1.12 bits per heavy atom. The minimum absolute atomic E-state index is 0.106. The van der Waals surface area contributed by atoms with E-state index in [0.717, 1.165) is 21.3 Å². The lowest BCUT2D eigenvalue weighted by molar-refractivity contribution is -0.115. The highest BCUT2D eigenvalue weighted by Gasteiger charge is 2.17. The van der Waals surface area contributed by atoms with Gasteiger partial charge in [-0.2, -0.15) is 0 Å². The Labute approximate surface area is 150 Å². The van der Waals surface area contributed by atoms with Crippen molar-refractivity contribution in [3.8, 4) is 0 Å². The maximum Gasteiger partial charge on any atom is 0.227 e. The Hall–Kier alpha value is -2.25. The molecule has 0 saturated carbocycles. The lowest BCUT2D eigenvalue weighted by atomic mass is 10.1. The van der Waals surface area contributed by atoms with Gasteiger partial charge in [0.15, 0.2) is 15.0 Å². The summed E-state index contributed by atoms with van der Waals surface area (Å²) in [4.78, 5) is 16.8. The van der Waals surface area contributed by atoms with Gasteiger partial charge in [0.25, 0.3) is 0 Å². The molecule has 1 amide bonds.